The van der Waals surface area contributed by atoms with Crippen molar-refractivity contribution in [2.24, 2.45) is 7.05 Å². The Morgan fingerprint density at radius 3 is 2.25 bits per heavy atom. The molecule has 1 aromatic heterocycles. The molecule has 0 spiro atoms. The third kappa shape index (κ3) is 3.45. The first-order valence-corrected chi connectivity index (χ1v) is 9.92. The normalized spacial score (nSPS) is 12.6. The molecule has 132 valence electrons. The van der Waals surface area contributed by atoms with E-state index in [4.69, 9.17) is 0 Å². The second-order valence-electron chi connectivity index (χ2n) is 5.68. The minimum Gasteiger partial charge on any atom is -0.339 e. The van der Waals surface area contributed by atoms with Crippen LogP contribution in [0.4, 0.5) is 5.69 Å². The maximum atomic E-state index is 12.4. The van der Waals surface area contributed by atoms with Crippen LogP contribution in [0.5, 0.6) is 0 Å². The Balaban J connectivity index is 2.53. The number of aromatic nitrogens is 2. The van der Waals surface area contributed by atoms with E-state index in [1.807, 2.05) is 0 Å². The zero-order valence-electron chi connectivity index (χ0n) is 14.1. The van der Waals surface area contributed by atoms with Gasteiger partial charge in [-0.1, -0.05) is 0 Å². The molecular formula is C14H20N4O4S2. The molecule has 1 N–H and O–H groups in total. The first-order valence-electron chi connectivity index (χ1n) is 6.99. The maximum absolute atomic E-state index is 12.4. The molecule has 0 aliphatic rings. The van der Waals surface area contributed by atoms with Crippen LogP contribution in [0, 0.1) is 13.8 Å². The average Bonchev–Trinajstić information content (AvgIpc) is 2.90. The predicted octanol–water partition coefficient (Wildman–Crippen LogP) is 1.09. The molecule has 0 bridgehead atoms. The monoisotopic (exact) mass is 372 g/mol. The van der Waals surface area contributed by atoms with Gasteiger partial charge in [0.1, 0.15) is 0 Å². The van der Waals surface area contributed by atoms with Gasteiger partial charge in [0.15, 0.2) is 5.03 Å². The first-order chi connectivity index (χ1) is 10.9. The highest BCUT2D eigenvalue weighted by atomic mass is 32.2. The van der Waals surface area contributed by atoms with Gasteiger partial charge in [-0.15, -0.1) is 0 Å². The first kappa shape index (κ1) is 18.4. The smallest absolute Gasteiger partial charge is 0.280 e. The van der Waals surface area contributed by atoms with Crippen LogP contribution in [0.15, 0.2) is 34.6 Å². The molecule has 1 aromatic carbocycles. The van der Waals surface area contributed by atoms with Crippen molar-refractivity contribution in [1.29, 1.82) is 0 Å². The SMILES string of the molecule is Cc1cc(S(=O)(=O)N(C)C)cc(NS(=O)(=O)c2cn(C)cn2)c1C. The van der Waals surface area contributed by atoms with Gasteiger partial charge in [0, 0.05) is 27.3 Å². The standard InChI is InChI=1S/C14H20N4O4S2/c1-10-6-12(24(21,22)17(3)4)7-13(11(10)2)16-23(19,20)14-8-18(5)9-15-14/h6-9,16H,1-5H3. The van der Waals surface area contributed by atoms with E-state index in [1.165, 1.54) is 43.3 Å². The van der Waals surface area contributed by atoms with Crippen LogP contribution >= 0.6 is 0 Å². The summed E-state index contributed by atoms with van der Waals surface area (Å²) in [6.45, 7) is 3.44. The topological polar surface area (TPSA) is 101 Å². The van der Waals surface area contributed by atoms with Gasteiger partial charge < -0.3 is 4.57 Å². The van der Waals surface area contributed by atoms with Crippen LogP contribution in [-0.2, 0) is 27.1 Å². The van der Waals surface area contributed by atoms with Gasteiger partial charge in [-0.05, 0) is 37.1 Å². The van der Waals surface area contributed by atoms with Crippen molar-refractivity contribution < 1.29 is 16.8 Å². The summed E-state index contributed by atoms with van der Waals surface area (Å²) in [7, 11) is -3.08. The van der Waals surface area contributed by atoms with E-state index in [9.17, 15) is 16.8 Å². The second kappa shape index (κ2) is 6.19. The summed E-state index contributed by atoms with van der Waals surface area (Å²) in [5.41, 5.74) is 1.52. The van der Waals surface area contributed by atoms with Gasteiger partial charge >= 0.3 is 0 Å². The second-order valence-corrected chi connectivity index (χ2v) is 9.46. The Labute approximate surface area is 142 Å². The number of benzene rings is 1. The minimum absolute atomic E-state index is 0.0225. The molecule has 0 aliphatic heterocycles. The molecule has 10 heteroatoms. The summed E-state index contributed by atoms with van der Waals surface area (Å²) in [5, 5.41) is -0.136. The average molecular weight is 372 g/mol. The number of sulfonamides is 2. The van der Waals surface area contributed by atoms with Crippen LogP contribution in [-0.4, -0.2) is 44.8 Å². The van der Waals surface area contributed by atoms with Crippen LogP contribution in [0.3, 0.4) is 0 Å². The number of nitrogens with zero attached hydrogens (tertiary/aromatic N) is 3. The summed E-state index contributed by atoms with van der Waals surface area (Å²) in [6, 6.07) is 2.83. The van der Waals surface area contributed by atoms with Crippen molar-refractivity contribution in [3.8, 4) is 0 Å². The Hall–Kier alpha value is -1.91. The van der Waals surface area contributed by atoms with E-state index < -0.39 is 20.0 Å². The summed E-state index contributed by atoms with van der Waals surface area (Å²) in [6.07, 6.45) is 2.74. The number of hydrogen-bond donors (Lipinski definition) is 1. The van der Waals surface area contributed by atoms with Crippen molar-refractivity contribution in [2.75, 3.05) is 18.8 Å². The minimum atomic E-state index is -3.90. The molecule has 0 unspecified atom stereocenters. The molecular weight excluding hydrogens is 352 g/mol. The van der Waals surface area contributed by atoms with Gasteiger partial charge in [-0.3, -0.25) is 4.72 Å². The van der Waals surface area contributed by atoms with Crippen LogP contribution < -0.4 is 4.72 Å². The zero-order valence-corrected chi connectivity index (χ0v) is 15.7. The fraction of sp³-hybridized carbons (Fsp3) is 0.357. The lowest BCUT2D eigenvalue weighted by Gasteiger charge is -2.16. The maximum Gasteiger partial charge on any atom is 0.280 e. The molecule has 0 atom stereocenters. The highest BCUT2D eigenvalue weighted by molar-refractivity contribution is 7.92. The van der Waals surface area contributed by atoms with Gasteiger partial charge in [0.25, 0.3) is 10.0 Å². The largest absolute Gasteiger partial charge is 0.339 e. The Kier molecular flexibility index (Phi) is 4.75. The molecule has 1 heterocycles. The summed E-state index contributed by atoms with van der Waals surface area (Å²) in [4.78, 5) is 3.84. The molecule has 2 aromatic rings. The molecule has 0 radical (unpaired) electrons. The van der Waals surface area contributed by atoms with Crippen molar-refractivity contribution >= 4 is 25.7 Å². The molecule has 0 aliphatic carbocycles. The summed E-state index contributed by atoms with van der Waals surface area (Å²) in [5.74, 6) is 0. The third-order valence-electron chi connectivity index (χ3n) is 3.62. The zero-order chi connectivity index (χ0) is 18.3. The van der Waals surface area contributed by atoms with Crippen molar-refractivity contribution in [3.05, 3.63) is 35.8 Å². The number of anilines is 1. The van der Waals surface area contributed by atoms with Gasteiger partial charge in [0.2, 0.25) is 10.0 Å². The van der Waals surface area contributed by atoms with Crippen molar-refractivity contribution in [1.82, 2.24) is 13.9 Å². The lowest BCUT2D eigenvalue weighted by Crippen LogP contribution is -2.23. The Morgan fingerprint density at radius 2 is 1.75 bits per heavy atom. The molecule has 2 rings (SSSR count). The number of nitrogens with one attached hydrogen (secondary N) is 1. The number of imidazole rings is 1. The molecule has 24 heavy (non-hydrogen) atoms. The summed E-state index contributed by atoms with van der Waals surface area (Å²) < 4.78 is 54.5. The Morgan fingerprint density at radius 1 is 1.12 bits per heavy atom. The lowest BCUT2D eigenvalue weighted by atomic mass is 10.1. The van der Waals surface area contributed by atoms with E-state index in [0.29, 0.717) is 11.1 Å². The fourth-order valence-corrected chi connectivity index (χ4v) is 4.13. The lowest BCUT2D eigenvalue weighted by molar-refractivity contribution is 0.520. The third-order valence-corrected chi connectivity index (χ3v) is 6.66. The number of rotatable bonds is 5. The van der Waals surface area contributed by atoms with E-state index in [-0.39, 0.29) is 15.6 Å². The Bertz CT molecular complexity index is 976. The van der Waals surface area contributed by atoms with E-state index in [0.717, 1.165) is 4.31 Å². The van der Waals surface area contributed by atoms with E-state index in [2.05, 4.69) is 9.71 Å². The van der Waals surface area contributed by atoms with Gasteiger partial charge in [-0.25, -0.2) is 17.7 Å². The molecule has 0 saturated heterocycles. The highest BCUT2D eigenvalue weighted by Gasteiger charge is 2.23. The quantitative estimate of drug-likeness (QED) is 0.846. The predicted molar refractivity (Wildman–Crippen MR) is 90.8 cm³/mol. The van der Waals surface area contributed by atoms with Crippen molar-refractivity contribution in [2.45, 2.75) is 23.8 Å². The molecule has 0 saturated carbocycles. The van der Waals surface area contributed by atoms with Gasteiger partial charge in [-0.2, -0.15) is 8.42 Å². The molecule has 8 nitrogen and oxygen atoms in total. The summed E-state index contributed by atoms with van der Waals surface area (Å²) >= 11 is 0. The number of aryl methyl sites for hydroxylation is 2. The van der Waals surface area contributed by atoms with E-state index >= 15 is 0 Å². The fourth-order valence-electron chi connectivity index (χ4n) is 2.02. The van der Waals surface area contributed by atoms with Crippen LogP contribution in [0.1, 0.15) is 11.1 Å². The van der Waals surface area contributed by atoms with Gasteiger partial charge in [0.05, 0.1) is 16.9 Å². The number of hydrogen-bond acceptors (Lipinski definition) is 5. The van der Waals surface area contributed by atoms with E-state index in [1.54, 1.807) is 20.9 Å². The molecule has 0 fully saturated rings. The van der Waals surface area contributed by atoms with Crippen molar-refractivity contribution in [3.63, 3.8) is 0 Å². The van der Waals surface area contributed by atoms with Crippen LogP contribution in [0.25, 0.3) is 0 Å². The molecule has 0 amide bonds. The van der Waals surface area contributed by atoms with Crippen LogP contribution in [0.2, 0.25) is 0 Å². The highest BCUT2D eigenvalue weighted by Crippen LogP contribution is 2.27.